The topological polar surface area (TPSA) is 92.7 Å². The number of carbonyl (C=O) groups excluding carboxylic acids is 1. The number of hydrogen-bond acceptors (Lipinski definition) is 5. The van der Waals surface area contributed by atoms with E-state index in [-0.39, 0.29) is 28.4 Å². The van der Waals surface area contributed by atoms with E-state index in [9.17, 15) is 14.9 Å². The minimum Gasteiger partial charge on any atom is -0.393 e. The van der Waals surface area contributed by atoms with Gasteiger partial charge in [-0.25, -0.2) is 0 Å². The number of nitro groups is 1. The van der Waals surface area contributed by atoms with Gasteiger partial charge in [0.2, 0.25) is 0 Å². The molecule has 0 unspecified atom stereocenters. The van der Waals surface area contributed by atoms with Crippen LogP contribution in [0.5, 0.6) is 0 Å². The Morgan fingerprint density at radius 2 is 2.05 bits per heavy atom. The number of nitrogen functional groups attached to an aromatic ring is 1. The Morgan fingerprint density at radius 1 is 1.38 bits per heavy atom. The third-order valence-corrected chi connectivity index (χ3v) is 4.08. The molecule has 1 heterocycles. The van der Waals surface area contributed by atoms with E-state index in [4.69, 9.17) is 5.73 Å². The van der Waals surface area contributed by atoms with E-state index in [1.54, 1.807) is 11.0 Å². The molecule has 0 saturated carbocycles. The van der Waals surface area contributed by atoms with Crippen molar-refractivity contribution in [3.8, 4) is 0 Å². The molecule has 0 aliphatic carbocycles. The molecule has 21 heavy (non-hydrogen) atoms. The van der Waals surface area contributed by atoms with Gasteiger partial charge in [0, 0.05) is 25.2 Å². The van der Waals surface area contributed by atoms with Crippen molar-refractivity contribution >= 4 is 17.3 Å². The predicted octanol–water partition coefficient (Wildman–Crippen LogP) is 1.34. The van der Waals surface area contributed by atoms with Crippen molar-refractivity contribution < 1.29 is 9.72 Å². The van der Waals surface area contributed by atoms with Crippen LogP contribution in [0.15, 0.2) is 18.2 Å². The van der Waals surface area contributed by atoms with Crippen LogP contribution in [0, 0.1) is 10.1 Å². The summed E-state index contributed by atoms with van der Waals surface area (Å²) < 4.78 is 0. The van der Waals surface area contributed by atoms with E-state index < -0.39 is 4.92 Å². The number of likely N-dealkylation sites (N-methyl/N-ethyl adjacent to an activating group) is 1. The number of anilines is 1. The van der Waals surface area contributed by atoms with Crippen molar-refractivity contribution in [1.29, 1.82) is 0 Å². The molecule has 7 nitrogen and oxygen atoms in total. The number of rotatable bonds is 2. The lowest BCUT2D eigenvalue weighted by Crippen LogP contribution is -2.58. The quantitative estimate of drug-likeness (QED) is 0.504. The third-order valence-electron chi connectivity index (χ3n) is 4.08. The smallest absolute Gasteiger partial charge is 0.304 e. The van der Waals surface area contributed by atoms with Crippen LogP contribution in [0.25, 0.3) is 0 Å². The van der Waals surface area contributed by atoms with E-state index in [1.807, 2.05) is 20.9 Å². The first kappa shape index (κ1) is 15.2. The molecule has 2 rings (SSSR count). The maximum atomic E-state index is 12.6. The van der Waals surface area contributed by atoms with Crippen LogP contribution in [0.4, 0.5) is 11.4 Å². The fraction of sp³-hybridized carbons (Fsp3) is 0.500. The molecule has 1 amide bonds. The average Bonchev–Trinajstić information content (AvgIpc) is 2.40. The maximum absolute atomic E-state index is 12.6. The number of amides is 1. The van der Waals surface area contributed by atoms with Gasteiger partial charge >= 0.3 is 5.69 Å². The number of piperazine rings is 1. The molecule has 1 aliphatic rings. The Bertz CT molecular complexity index is 586. The molecule has 114 valence electrons. The lowest BCUT2D eigenvalue weighted by atomic mass is 9.98. The second kappa shape index (κ2) is 5.33. The van der Waals surface area contributed by atoms with E-state index in [0.29, 0.717) is 13.1 Å². The Balaban J connectivity index is 2.34. The van der Waals surface area contributed by atoms with E-state index in [0.717, 1.165) is 6.54 Å². The number of nitrogens with zero attached hydrogens (tertiary/aromatic N) is 3. The zero-order valence-corrected chi connectivity index (χ0v) is 12.5. The first-order valence-corrected chi connectivity index (χ1v) is 6.77. The lowest BCUT2D eigenvalue weighted by Gasteiger charge is -2.45. The summed E-state index contributed by atoms with van der Waals surface area (Å²) in [5, 5.41) is 11.2. The van der Waals surface area contributed by atoms with Gasteiger partial charge in [-0.2, -0.15) is 0 Å². The maximum Gasteiger partial charge on any atom is 0.304 e. The van der Waals surface area contributed by atoms with E-state index >= 15 is 0 Å². The molecule has 7 heteroatoms. The molecule has 1 aromatic rings. The van der Waals surface area contributed by atoms with Gasteiger partial charge in [-0.1, -0.05) is 6.07 Å². The van der Waals surface area contributed by atoms with Crippen LogP contribution in [-0.2, 0) is 0 Å². The molecule has 0 aromatic heterocycles. The number of hydrogen-bond donors (Lipinski definition) is 1. The first-order valence-electron chi connectivity index (χ1n) is 6.77. The van der Waals surface area contributed by atoms with Gasteiger partial charge in [0.1, 0.15) is 11.3 Å². The molecule has 1 aromatic carbocycles. The number of nitro benzene ring substituents is 1. The lowest BCUT2D eigenvalue weighted by molar-refractivity contribution is -0.384. The van der Waals surface area contributed by atoms with E-state index in [2.05, 4.69) is 4.90 Å². The highest BCUT2D eigenvalue weighted by atomic mass is 16.6. The molecule has 0 atom stereocenters. The van der Waals surface area contributed by atoms with Gasteiger partial charge in [0.25, 0.3) is 5.91 Å². The van der Waals surface area contributed by atoms with Gasteiger partial charge in [0.15, 0.2) is 0 Å². The highest BCUT2D eigenvalue weighted by molar-refractivity contribution is 6.00. The van der Waals surface area contributed by atoms with Crippen molar-refractivity contribution in [2.75, 3.05) is 32.4 Å². The SMILES string of the molecule is CN1CCN(C(=O)c2cccc(N)c2[N+](=O)[O-])CC1(C)C. The zero-order chi connectivity index (χ0) is 15.8. The highest BCUT2D eigenvalue weighted by Gasteiger charge is 2.35. The normalized spacial score (nSPS) is 18.5. The molecule has 0 radical (unpaired) electrons. The van der Waals surface area contributed by atoms with E-state index in [1.165, 1.54) is 12.1 Å². The zero-order valence-electron chi connectivity index (χ0n) is 12.5. The van der Waals surface area contributed by atoms with Crippen LogP contribution in [0.1, 0.15) is 24.2 Å². The number of para-hydroxylation sites is 1. The molecule has 1 fully saturated rings. The summed E-state index contributed by atoms with van der Waals surface area (Å²) in [6.07, 6.45) is 0. The van der Waals surface area contributed by atoms with Gasteiger partial charge in [-0.15, -0.1) is 0 Å². The van der Waals surface area contributed by atoms with Crippen molar-refractivity contribution in [3.05, 3.63) is 33.9 Å². The summed E-state index contributed by atoms with van der Waals surface area (Å²) >= 11 is 0. The van der Waals surface area contributed by atoms with Crippen molar-refractivity contribution in [2.24, 2.45) is 0 Å². The van der Waals surface area contributed by atoms with Crippen LogP contribution in [-0.4, -0.2) is 52.9 Å². The van der Waals surface area contributed by atoms with Crippen molar-refractivity contribution in [3.63, 3.8) is 0 Å². The van der Waals surface area contributed by atoms with Crippen molar-refractivity contribution in [1.82, 2.24) is 9.80 Å². The second-order valence-electron chi connectivity index (χ2n) is 5.96. The van der Waals surface area contributed by atoms with Gasteiger partial charge in [-0.3, -0.25) is 19.8 Å². The summed E-state index contributed by atoms with van der Waals surface area (Å²) in [6.45, 7) is 5.88. The van der Waals surface area contributed by atoms with Gasteiger partial charge in [-0.05, 0) is 33.0 Å². The second-order valence-corrected chi connectivity index (χ2v) is 5.96. The van der Waals surface area contributed by atoms with Crippen molar-refractivity contribution in [2.45, 2.75) is 19.4 Å². The van der Waals surface area contributed by atoms with Crippen LogP contribution >= 0.6 is 0 Å². The highest BCUT2D eigenvalue weighted by Crippen LogP contribution is 2.28. The fourth-order valence-electron chi connectivity index (χ4n) is 2.52. The summed E-state index contributed by atoms with van der Waals surface area (Å²) in [7, 11) is 2.00. The third kappa shape index (κ3) is 2.82. The molecular weight excluding hydrogens is 272 g/mol. The monoisotopic (exact) mass is 292 g/mol. The molecule has 1 aliphatic heterocycles. The molecular formula is C14H20N4O3. The minimum atomic E-state index is -0.593. The number of carbonyl (C=O) groups is 1. The average molecular weight is 292 g/mol. The predicted molar refractivity (Wildman–Crippen MR) is 80.1 cm³/mol. The Hall–Kier alpha value is -2.15. The summed E-state index contributed by atoms with van der Waals surface area (Å²) in [5.41, 5.74) is 5.24. The van der Waals surface area contributed by atoms with Gasteiger partial charge in [0.05, 0.1) is 4.92 Å². The Morgan fingerprint density at radius 3 is 2.62 bits per heavy atom. The van der Waals surface area contributed by atoms with Crippen LogP contribution < -0.4 is 5.73 Å². The summed E-state index contributed by atoms with van der Waals surface area (Å²) in [5.74, 6) is -0.338. The number of nitrogens with two attached hydrogens (primary N) is 1. The van der Waals surface area contributed by atoms with Crippen LogP contribution in [0.3, 0.4) is 0 Å². The summed E-state index contributed by atoms with van der Waals surface area (Å²) in [4.78, 5) is 27.0. The molecule has 1 saturated heterocycles. The fourth-order valence-corrected chi connectivity index (χ4v) is 2.52. The Labute approximate surface area is 123 Å². The largest absolute Gasteiger partial charge is 0.393 e. The molecule has 0 bridgehead atoms. The minimum absolute atomic E-state index is 0.0132. The Kier molecular flexibility index (Phi) is 3.87. The molecule has 2 N–H and O–H groups in total. The summed E-state index contributed by atoms with van der Waals surface area (Å²) in [6, 6.07) is 4.46. The van der Waals surface area contributed by atoms with Gasteiger partial charge < -0.3 is 10.6 Å². The van der Waals surface area contributed by atoms with Crippen LogP contribution in [0.2, 0.25) is 0 Å². The number of benzene rings is 1. The first-order chi connectivity index (χ1) is 9.74. The molecule has 0 spiro atoms. The standard InChI is InChI=1S/C14H20N4O3/c1-14(2)9-17(8-7-16(14)3)13(19)10-5-4-6-11(15)12(10)18(20)21/h4-6H,7-9,15H2,1-3H3.